The second-order valence-corrected chi connectivity index (χ2v) is 6.71. The Morgan fingerprint density at radius 2 is 2.05 bits per heavy atom. The summed E-state index contributed by atoms with van der Waals surface area (Å²) in [4.78, 5) is 9.38. The van der Waals surface area contributed by atoms with E-state index in [-0.39, 0.29) is 0 Å². The Bertz CT molecular complexity index is 430. The first kappa shape index (κ1) is 17.4. The lowest BCUT2D eigenvalue weighted by Crippen LogP contribution is -2.34. The molecule has 0 bridgehead atoms. The van der Waals surface area contributed by atoms with Crippen molar-refractivity contribution in [3.63, 3.8) is 0 Å². The van der Waals surface area contributed by atoms with Crippen molar-refractivity contribution in [2.45, 2.75) is 65.5 Å². The van der Waals surface area contributed by atoms with Crippen LogP contribution in [0.25, 0.3) is 0 Å². The van der Waals surface area contributed by atoms with Gasteiger partial charge in [-0.05, 0) is 45.3 Å². The molecule has 1 unspecified atom stereocenters. The van der Waals surface area contributed by atoms with E-state index in [0.717, 1.165) is 18.3 Å². The van der Waals surface area contributed by atoms with Crippen LogP contribution in [0.4, 0.5) is 0 Å². The Labute approximate surface area is 135 Å². The minimum absolute atomic E-state index is 0.630. The summed E-state index contributed by atoms with van der Waals surface area (Å²) < 4.78 is 5.07. The minimum atomic E-state index is 0.630. The van der Waals surface area contributed by atoms with E-state index in [0.29, 0.717) is 11.9 Å². The van der Waals surface area contributed by atoms with E-state index in [1.807, 2.05) is 6.92 Å². The quantitative estimate of drug-likeness (QED) is 0.774. The molecule has 0 radical (unpaired) electrons. The summed E-state index contributed by atoms with van der Waals surface area (Å²) in [5.74, 6) is 2.32. The van der Waals surface area contributed by atoms with Gasteiger partial charge >= 0.3 is 0 Å². The van der Waals surface area contributed by atoms with E-state index >= 15 is 0 Å². The van der Waals surface area contributed by atoms with Crippen LogP contribution in [0.5, 0.6) is 0 Å². The molecule has 0 amide bonds. The van der Waals surface area contributed by atoms with Gasteiger partial charge in [0.1, 0.15) is 0 Å². The zero-order chi connectivity index (χ0) is 15.9. The number of hydrogen-bond donors (Lipinski definition) is 0. The molecular weight excluding hydrogens is 276 g/mol. The molecule has 1 atom stereocenters. The van der Waals surface area contributed by atoms with Crippen LogP contribution >= 0.6 is 0 Å². The molecule has 5 heteroatoms. The first-order valence-electron chi connectivity index (χ1n) is 8.84. The smallest absolute Gasteiger partial charge is 0.223 e. The highest BCUT2D eigenvalue weighted by atomic mass is 16.5. The number of aromatic nitrogens is 2. The van der Waals surface area contributed by atoms with E-state index in [1.54, 1.807) is 0 Å². The van der Waals surface area contributed by atoms with Crippen LogP contribution in [0.15, 0.2) is 4.52 Å². The first-order valence-corrected chi connectivity index (χ1v) is 8.84. The highest BCUT2D eigenvalue weighted by molar-refractivity contribution is 4.86. The third kappa shape index (κ3) is 5.06. The van der Waals surface area contributed by atoms with Crippen molar-refractivity contribution in [2.75, 3.05) is 26.7 Å². The highest BCUT2D eigenvalue weighted by Gasteiger charge is 2.22. The van der Waals surface area contributed by atoms with Crippen molar-refractivity contribution < 1.29 is 4.52 Å². The lowest BCUT2D eigenvalue weighted by molar-refractivity contribution is 0.193. The summed E-state index contributed by atoms with van der Waals surface area (Å²) in [5.41, 5.74) is 0. The molecule has 1 aromatic heterocycles. The Morgan fingerprint density at radius 3 is 2.68 bits per heavy atom. The van der Waals surface area contributed by atoms with Crippen molar-refractivity contribution >= 4 is 0 Å². The Hall–Kier alpha value is -0.940. The number of rotatable bonds is 7. The molecule has 0 aromatic carbocycles. The van der Waals surface area contributed by atoms with E-state index in [4.69, 9.17) is 4.52 Å². The van der Waals surface area contributed by atoms with Crippen LogP contribution in [0.3, 0.4) is 0 Å². The molecular formula is C17H32N4O. The fourth-order valence-electron chi connectivity index (χ4n) is 3.43. The largest absolute Gasteiger partial charge is 0.340 e. The lowest BCUT2D eigenvalue weighted by Gasteiger charge is -2.27. The van der Waals surface area contributed by atoms with Crippen LogP contribution in [0, 0.1) is 12.8 Å². The third-order valence-electron chi connectivity index (χ3n) is 5.05. The number of nitrogens with zero attached hydrogens (tertiary/aromatic N) is 4. The van der Waals surface area contributed by atoms with Gasteiger partial charge in [-0.25, -0.2) is 0 Å². The molecule has 126 valence electrons. The van der Waals surface area contributed by atoms with Gasteiger partial charge in [0.15, 0.2) is 5.82 Å². The maximum Gasteiger partial charge on any atom is 0.223 e. The van der Waals surface area contributed by atoms with Gasteiger partial charge in [0.25, 0.3) is 0 Å². The summed E-state index contributed by atoms with van der Waals surface area (Å²) in [7, 11) is 2.19. The van der Waals surface area contributed by atoms with Gasteiger partial charge in [-0.15, -0.1) is 0 Å². The summed E-state index contributed by atoms with van der Waals surface area (Å²) >= 11 is 0. The Morgan fingerprint density at radius 1 is 1.27 bits per heavy atom. The molecule has 1 aliphatic heterocycles. The summed E-state index contributed by atoms with van der Waals surface area (Å²) in [5, 5.41) is 4.01. The SMILES string of the molecule is CCC(CC)CN1CCCC(N(C)Cc2noc(C)n2)CC1. The normalized spacial score (nSPS) is 20.7. The van der Waals surface area contributed by atoms with Crippen LogP contribution in [0.1, 0.15) is 57.7 Å². The number of hydrogen-bond acceptors (Lipinski definition) is 5. The van der Waals surface area contributed by atoms with E-state index in [9.17, 15) is 0 Å². The van der Waals surface area contributed by atoms with Gasteiger partial charge in [-0.1, -0.05) is 31.8 Å². The molecule has 0 N–H and O–H groups in total. The maximum atomic E-state index is 5.07. The standard InChI is InChI=1S/C17H32N4O/c1-5-15(6-2)12-21-10-7-8-16(9-11-21)20(4)13-17-18-14(3)22-19-17/h15-16H,5-13H2,1-4H3. The number of aryl methyl sites for hydroxylation is 1. The van der Waals surface area contributed by atoms with Crippen molar-refractivity contribution in [3.8, 4) is 0 Å². The van der Waals surface area contributed by atoms with Crippen molar-refractivity contribution in [2.24, 2.45) is 5.92 Å². The third-order valence-corrected chi connectivity index (χ3v) is 5.05. The second-order valence-electron chi connectivity index (χ2n) is 6.71. The van der Waals surface area contributed by atoms with Gasteiger partial charge < -0.3 is 9.42 Å². The number of likely N-dealkylation sites (tertiary alicyclic amines) is 1. The molecule has 0 spiro atoms. The fraction of sp³-hybridized carbons (Fsp3) is 0.882. The van der Waals surface area contributed by atoms with Crippen molar-refractivity contribution in [1.82, 2.24) is 19.9 Å². The lowest BCUT2D eigenvalue weighted by atomic mass is 10.0. The van der Waals surface area contributed by atoms with Gasteiger partial charge in [0, 0.05) is 19.5 Å². The minimum Gasteiger partial charge on any atom is -0.340 e. The van der Waals surface area contributed by atoms with Gasteiger partial charge in [-0.3, -0.25) is 4.90 Å². The fourth-order valence-corrected chi connectivity index (χ4v) is 3.43. The molecule has 1 aromatic rings. The van der Waals surface area contributed by atoms with Crippen molar-refractivity contribution in [1.29, 1.82) is 0 Å². The highest BCUT2D eigenvalue weighted by Crippen LogP contribution is 2.19. The molecule has 1 aliphatic rings. The second kappa shape index (κ2) is 8.63. The average molecular weight is 308 g/mol. The van der Waals surface area contributed by atoms with Crippen LogP contribution in [-0.4, -0.2) is 52.7 Å². The van der Waals surface area contributed by atoms with Crippen LogP contribution in [0.2, 0.25) is 0 Å². The molecule has 1 fully saturated rings. The predicted molar refractivity (Wildman–Crippen MR) is 88.7 cm³/mol. The summed E-state index contributed by atoms with van der Waals surface area (Å²) in [6.07, 6.45) is 6.40. The molecule has 1 saturated heterocycles. The van der Waals surface area contributed by atoms with Gasteiger partial charge in [-0.2, -0.15) is 4.98 Å². The van der Waals surface area contributed by atoms with E-state index < -0.39 is 0 Å². The maximum absolute atomic E-state index is 5.07. The Kier molecular flexibility index (Phi) is 6.83. The van der Waals surface area contributed by atoms with E-state index in [2.05, 4.69) is 40.8 Å². The molecule has 0 aliphatic carbocycles. The summed E-state index contributed by atoms with van der Waals surface area (Å²) in [6, 6.07) is 0.630. The van der Waals surface area contributed by atoms with E-state index in [1.165, 1.54) is 51.7 Å². The van der Waals surface area contributed by atoms with Crippen LogP contribution in [-0.2, 0) is 6.54 Å². The summed E-state index contributed by atoms with van der Waals surface area (Å²) in [6.45, 7) is 11.0. The Balaban J connectivity index is 1.81. The van der Waals surface area contributed by atoms with Crippen molar-refractivity contribution in [3.05, 3.63) is 11.7 Å². The first-order chi connectivity index (χ1) is 10.6. The zero-order valence-electron chi connectivity index (χ0n) is 14.7. The zero-order valence-corrected chi connectivity index (χ0v) is 14.7. The molecule has 22 heavy (non-hydrogen) atoms. The van der Waals surface area contributed by atoms with Gasteiger partial charge in [0.05, 0.1) is 6.54 Å². The predicted octanol–water partition coefficient (Wildman–Crippen LogP) is 3.10. The van der Waals surface area contributed by atoms with Crippen LogP contribution < -0.4 is 0 Å². The molecule has 2 rings (SSSR count). The van der Waals surface area contributed by atoms with Gasteiger partial charge in [0.2, 0.25) is 5.89 Å². The topological polar surface area (TPSA) is 45.4 Å². The molecule has 5 nitrogen and oxygen atoms in total. The average Bonchev–Trinajstić information content (AvgIpc) is 2.78. The molecule has 0 saturated carbocycles. The monoisotopic (exact) mass is 308 g/mol. The molecule has 2 heterocycles.